The van der Waals surface area contributed by atoms with Gasteiger partial charge in [0, 0.05) is 12.3 Å². The van der Waals surface area contributed by atoms with Gasteiger partial charge >= 0.3 is 0 Å². The summed E-state index contributed by atoms with van der Waals surface area (Å²) in [6.45, 7) is 6.53. The fourth-order valence-electron chi connectivity index (χ4n) is 2.27. The minimum atomic E-state index is -0.247. The molecule has 0 saturated carbocycles. The van der Waals surface area contributed by atoms with Crippen LogP contribution in [0.5, 0.6) is 5.75 Å². The van der Waals surface area contributed by atoms with Gasteiger partial charge in [-0.2, -0.15) is 0 Å². The summed E-state index contributed by atoms with van der Waals surface area (Å²) >= 11 is 5.87. The molecule has 3 heteroatoms. The van der Waals surface area contributed by atoms with E-state index >= 15 is 0 Å². The van der Waals surface area contributed by atoms with Crippen LogP contribution in [0.1, 0.15) is 44.4 Å². The smallest absolute Gasteiger partial charge is 0.125 e. The summed E-state index contributed by atoms with van der Waals surface area (Å²) in [6, 6.07) is 14.5. The molecule has 2 aromatic carbocycles. The maximum absolute atomic E-state index is 13.1. The third kappa shape index (κ3) is 4.48. The summed E-state index contributed by atoms with van der Waals surface area (Å²) in [6.07, 6.45) is 0.507. The van der Waals surface area contributed by atoms with Crippen LogP contribution in [0.4, 0.5) is 4.39 Å². The van der Waals surface area contributed by atoms with Crippen LogP contribution in [0.2, 0.25) is 0 Å². The van der Waals surface area contributed by atoms with Crippen LogP contribution in [0, 0.1) is 5.82 Å². The SMILES string of the molecule is CC(C)(C)c1ccc(OC(CCCl)c2ccc(F)cc2)cc1. The van der Waals surface area contributed by atoms with Crippen LogP contribution in [0.25, 0.3) is 0 Å². The molecule has 0 aliphatic rings. The Bertz CT molecular complexity index is 584. The Morgan fingerprint density at radius 2 is 1.59 bits per heavy atom. The standard InChI is InChI=1S/C19H22ClFO/c1-19(2,3)15-6-10-17(11-7-15)22-18(12-13-20)14-4-8-16(21)9-5-14/h4-11,18H,12-13H2,1-3H3. The molecule has 0 aromatic heterocycles. The van der Waals surface area contributed by atoms with Crippen molar-refractivity contribution in [1.29, 1.82) is 0 Å². The summed E-state index contributed by atoms with van der Waals surface area (Å²) in [5, 5.41) is 0. The molecular formula is C19H22ClFO. The minimum absolute atomic E-state index is 0.116. The number of benzene rings is 2. The zero-order chi connectivity index (χ0) is 16.2. The van der Waals surface area contributed by atoms with Crippen LogP contribution >= 0.6 is 11.6 Å². The lowest BCUT2D eigenvalue weighted by Gasteiger charge is -2.21. The van der Waals surface area contributed by atoms with Crippen molar-refractivity contribution >= 4 is 11.6 Å². The van der Waals surface area contributed by atoms with Gasteiger partial charge in [-0.1, -0.05) is 45.0 Å². The number of alkyl halides is 1. The van der Waals surface area contributed by atoms with E-state index in [1.165, 1.54) is 17.7 Å². The van der Waals surface area contributed by atoms with Crippen molar-refractivity contribution in [3.63, 3.8) is 0 Å². The molecule has 1 nitrogen and oxygen atoms in total. The van der Waals surface area contributed by atoms with E-state index in [0.29, 0.717) is 12.3 Å². The van der Waals surface area contributed by atoms with Crippen molar-refractivity contribution in [1.82, 2.24) is 0 Å². The molecule has 22 heavy (non-hydrogen) atoms. The molecule has 0 saturated heterocycles. The van der Waals surface area contributed by atoms with Crippen LogP contribution < -0.4 is 4.74 Å². The summed E-state index contributed by atoms with van der Waals surface area (Å²) in [5.41, 5.74) is 2.31. The molecule has 0 radical (unpaired) electrons. The molecule has 0 aliphatic heterocycles. The summed E-state index contributed by atoms with van der Waals surface area (Å²) in [4.78, 5) is 0. The Hall–Kier alpha value is -1.54. The van der Waals surface area contributed by atoms with Gasteiger partial charge in [-0.05, 0) is 40.8 Å². The van der Waals surface area contributed by atoms with Crippen LogP contribution in [-0.2, 0) is 5.41 Å². The lowest BCUT2D eigenvalue weighted by molar-refractivity contribution is 0.202. The molecule has 1 atom stereocenters. The molecule has 0 aliphatic carbocycles. The molecule has 2 rings (SSSR count). The molecule has 0 spiro atoms. The first-order valence-electron chi connectivity index (χ1n) is 7.49. The van der Waals surface area contributed by atoms with E-state index < -0.39 is 0 Å². The van der Waals surface area contributed by atoms with Crippen molar-refractivity contribution in [3.8, 4) is 5.75 Å². The van der Waals surface area contributed by atoms with Crippen LogP contribution in [0.15, 0.2) is 48.5 Å². The Labute approximate surface area is 137 Å². The molecule has 0 amide bonds. The van der Waals surface area contributed by atoms with Gasteiger partial charge < -0.3 is 4.74 Å². The number of hydrogen-bond donors (Lipinski definition) is 0. The molecule has 0 heterocycles. The average molecular weight is 321 g/mol. The number of rotatable bonds is 5. The van der Waals surface area contributed by atoms with E-state index in [-0.39, 0.29) is 17.3 Å². The zero-order valence-electron chi connectivity index (χ0n) is 13.3. The second-order valence-corrected chi connectivity index (χ2v) is 6.79. The highest BCUT2D eigenvalue weighted by atomic mass is 35.5. The van der Waals surface area contributed by atoms with E-state index in [1.54, 1.807) is 12.1 Å². The number of hydrogen-bond acceptors (Lipinski definition) is 1. The van der Waals surface area contributed by atoms with Gasteiger partial charge in [0.15, 0.2) is 0 Å². The minimum Gasteiger partial charge on any atom is -0.486 e. The Morgan fingerprint density at radius 1 is 1.00 bits per heavy atom. The molecule has 1 unspecified atom stereocenters. The predicted molar refractivity (Wildman–Crippen MR) is 90.2 cm³/mol. The van der Waals surface area contributed by atoms with Crippen molar-refractivity contribution in [2.45, 2.75) is 38.7 Å². The highest BCUT2D eigenvalue weighted by molar-refractivity contribution is 6.17. The second-order valence-electron chi connectivity index (χ2n) is 6.41. The van der Waals surface area contributed by atoms with Crippen molar-refractivity contribution in [3.05, 3.63) is 65.5 Å². The van der Waals surface area contributed by atoms with Crippen molar-refractivity contribution in [2.24, 2.45) is 0 Å². The largest absolute Gasteiger partial charge is 0.486 e. The third-order valence-electron chi connectivity index (χ3n) is 3.61. The van der Waals surface area contributed by atoms with Gasteiger partial charge in [-0.15, -0.1) is 11.6 Å². The summed E-state index contributed by atoms with van der Waals surface area (Å²) < 4.78 is 19.1. The molecule has 118 valence electrons. The normalized spacial score (nSPS) is 13.0. The van der Waals surface area contributed by atoms with Crippen molar-refractivity contribution in [2.75, 3.05) is 5.88 Å². The quantitative estimate of drug-likeness (QED) is 0.626. The van der Waals surface area contributed by atoms with Gasteiger partial charge in [0.25, 0.3) is 0 Å². The highest BCUT2D eigenvalue weighted by Gasteiger charge is 2.15. The van der Waals surface area contributed by atoms with Gasteiger partial charge in [0.05, 0.1) is 0 Å². The van der Waals surface area contributed by atoms with Gasteiger partial charge in [-0.3, -0.25) is 0 Å². The molecule has 2 aromatic rings. The first-order chi connectivity index (χ1) is 10.4. The monoisotopic (exact) mass is 320 g/mol. The maximum Gasteiger partial charge on any atom is 0.125 e. The number of ether oxygens (including phenoxy) is 1. The van der Waals surface area contributed by atoms with E-state index in [1.807, 2.05) is 12.1 Å². The van der Waals surface area contributed by atoms with E-state index in [2.05, 4.69) is 32.9 Å². The molecule has 0 N–H and O–H groups in total. The third-order valence-corrected chi connectivity index (χ3v) is 3.83. The first kappa shape index (κ1) is 16.8. The lowest BCUT2D eigenvalue weighted by atomic mass is 9.87. The molecule has 0 fully saturated rings. The second kappa shape index (κ2) is 7.15. The molecule has 0 bridgehead atoms. The first-order valence-corrected chi connectivity index (χ1v) is 8.02. The van der Waals surface area contributed by atoms with Crippen LogP contribution in [0.3, 0.4) is 0 Å². The lowest BCUT2D eigenvalue weighted by Crippen LogP contribution is -2.11. The van der Waals surface area contributed by atoms with Crippen molar-refractivity contribution < 1.29 is 9.13 Å². The zero-order valence-corrected chi connectivity index (χ0v) is 14.0. The topological polar surface area (TPSA) is 9.23 Å². The van der Waals surface area contributed by atoms with Crippen LogP contribution in [-0.4, -0.2) is 5.88 Å². The Balaban J connectivity index is 2.15. The predicted octanol–water partition coefficient (Wildman–Crippen LogP) is 5.87. The number of halogens is 2. The van der Waals surface area contributed by atoms with E-state index in [9.17, 15) is 4.39 Å². The fourth-order valence-corrected chi connectivity index (χ4v) is 2.47. The summed E-state index contributed by atoms with van der Waals surface area (Å²) in [5.74, 6) is 1.04. The Kier molecular flexibility index (Phi) is 5.47. The fraction of sp³-hybridized carbons (Fsp3) is 0.368. The highest BCUT2D eigenvalue weighted by Crippen LogP contribution is 2.28. The Morgan fingerprint density at radius 3 is 2.09 bits per heavy atom. The average Bonchev–Trinajstić information content (AvgIpc) is 2.47. The van der Waals surface area contributed by atoms with Gasteiger partial charge in [0.1, 0.15) is 17.7 Å². The van der Waals surface area contributed by atoms with Gasteiger partial charge in [0.2, 0.25) is 0 Å². The van der Waals surface area contributed by atoms with E-state index in [0.717, 1.165) is 11.3 Å². The summed E-state index contributed by atoms with van der Waals surface area (Å²) in [7, 11) is 0. The molecular weight excluding hydrogens is 299 g/mol. The van der Waals surface area contributed by atoms with Gasteiger partial charge in [-0.25, -0.2) is 4.39 Å². The maximum atomic E-state index is 13.1. The van der Waals surface area contributed by atoms with E-state index in [4.69, 9.17) is 16.3 Å².